The minimum Gasteiger partial charge on any atom is -0.486 e. The van der Waals surface area contributed by atoms with Gasteiger partial charge in [0, 0.05) is 5.56 Å². The Balaban J connectivity index is 2.15. The molecular formula is C14H9Cl2FO2. The van der Waals surface area contributed by atoms with Gasteiger partial charge in [0.1, 0.15) is 18.7 Å². The minimum absolute atomic E-state index is 0.208. The Bertz CT molecular complexity index is 574. The Morgan fingerprint density at radius 3 is 2.21 bits per heavy atom. The van der Waals surface area contributed by atoms with Gasteiger partial charge in [-0.05, 0) is 29.8 Å². The van der Waals surface area contributed by atoms with E-state index in [2.05, 4.69) is 0 Å². The lowest BCUT2D eigenvalue weighted by atomic mass is 10.2. The van der Waals surface area contributed by atoms with Crippen LogP contribution in [0.3, 0.4) is 0 Å². The average molecular weight is 299 g/mol. The number of halogens is 3. The van der Waals surface area contributed by atoms with E-state index in [4.69, 9.17) is 27.9 Å². The van der Waals surface area contributed by atoms with Crippen molar-refractivity contribution in [1.82, 2.24) is 0 Å². The highest BCUT2D eigenvalue weighted by Crippen LogP contribution is 2.34. The number of rotatable bonds is 4. The predicted molar refractivity (Wildman–Crippen MR) is 72.6 cm³/mol. The number of hydrogen-bond donors (Lipinski definition) is 0. The van der Waals surface area contributed by atoms with Crippen LogP contribution in [-0.4, -0.2) is 6.29 Å². The maximum atomic E-state index is 12.7. The zero-order valence-corrected chi connectivity index (χ0v) is 11.2. The van der Waals surface area contributed by atoms with E-state index in [1.165, 1.54) is 24.3 Å². The van der Waals surface area contributed by atoms with E-state index in [1.807, 2.05) is 0 Å². The second-order valence-corrected chi connectivity index (χ2v) is 4.66. The van der Waals surface area contributed by atoms with Gasteiger partial charge in [0.05, 0.1) is 10.0 Å². The predicted octanol–water partition coefficient (Wildman–Crippen LogP) is 4.52. The van der Waals surface area contributed by atoms with Crippen LogP contribution in [0.2, 0.25) is 10.0 Å². The zero-order valence-electron chi connectivity index (χ0n) is 9.70. The molecule has 2 aromatic rings. The van der Waals surface area contributed by atoms with Crippen molar-refractivity contribution in [2.45, 2.75) is 6.61 Å². The number of hydrogen-bond acceptors (Lipinski definition) is 2. The Labute approximate surface area is 119 Å². The van der Waals surface area contributed by atoms with E-state index in [1.54, 1.807) is 12.1 Å². The van der Waals surface area contributed by atoms with Gasteiger partial charge in [0.25, 0.3) is 0 Å². The molecule has 0 aliphatic heterocycles. The fraction of sp³-hybridized carbons (Fsp3) is 0.0714. The molecule has 0 spiro atoms. The number of carbonyl (C=O) groups is 1. The standard InChI is InChI=1S/C14H9Cl2FO2/c15-12-5-10(7-18)6-13(16)14(12)19-8-9-1-3-11(17)4-2-9/h1-7H,8H2. The van der Waals surface area contributed by atoms with Crippen LogP contribution < -0.4 is 4.74 Å². The van der Waals surface area contributed by atoms with E-state index in [0.29, 0.717) is 17.6 Å². The van der Waals surface area contributed by atoms with Crippen LogP contribution in [0.4, 0.5) is 4.39 Å². The summed E-state index contributed by atoms with van der Waals surface area (Å²) < 4.78 is 18.2. The summed E-state index contributed by atoms with van der Waals surface area (Å²) in [5.41, 5.74) is 1.16. The van der Waals surface area contributed by atoms with Gasteiger partial charge in [-0.15, -0.1) is 0 Å². The Hall–Kier alpha value is -1.58. The third kappa shape index (κ3) is 3.46. The van der Waals surface area contributed by atoms with Crippen molar-refractivity contribution >= 4 is 29.5 Å². The van der Waals surface area contributed by atoms with Crippen LogP contribution in [0.5, 0.6) is 5.75 Å². The lowest BCUT2D eigenvalue weighted by Crippen LogP contribution is -1.97. The number of carbonyl (C=O) groups excluding carboxylic acids is 1. The first-order valence-electron chi connectivity index (χ1n) is 5.41. The van der Waals surface area contributed by atoms with Crippen LogP contribution in [0.1, 0.15) is 15.9 Å². The van der Waals surface area contributed by atoms with Gasteiger partial charge in [-0.1, -0.05) is 35.3 Å². The summed E-state index contributed by atoms with van der Waals surface area (Å²) in [5.74, 6) is -0.00610. The van der Waals surface area contributed by atoms with E-state index in [9.17, 15) is 9.18 Å². The molecule has 0 fully saturated rings. The maximum absolute atomic E-state index is 12.7. The van der Waals surface area contributed by atoms with Crippen molar-refractivity contribution in [3.63, 3.8) is 0 Å². The molecule has 0 aliphatic carbocycles. The Morgan fingerprint density at radius 2 is 1.68 bits per heavy atom. The Morgan fingerprint density at radius 1 is 1.11 bits per heavy atom. The molecule has 0 unspecified atom stereocenters. The summed E-state index contributed by atoms with van der Waals surface area (Å²) >= 11 is 12.0. The van der Waals surface area contributed by atoms with Crippen molar-refractivity contribution in [2.24, 2.45) is 0 Å². The van der Waals surface area contributed by atoms with Crippen molar-refractivity contribution in [3.05, 3.63) is 63.4 Å². The molecule has 0 N–H and O–H groups in total. The molecule has 5 heteroatoms. The molecule has 0 aromatic heterocycles. The second-order valence-electron chi connectivity index (χ2n) is 3.85. The van der Waals surface area contributed by atoms with Gasteiger partial charge in [-0.3, -0.25) is 4.79 Å². The topological polar surface area (TPSA) is 26.3 Å². The molecule has 2 nitrogen and oxygen atoms in total. The van der Waals surface area contributed by atoms with Crippen molar-refractivity contribution in [1.29, 1.82) is 0 Å². The second kappa shape index (κ2) is 6.04. The normalized spacial score (nSPS) is 10.3. The fourth-order valence-electron chi connectivity index (χ4n) is 1.52. The first-order chi connectivity index (χ1) is 9.10. The molecule has 0 amide bonds. The molecular weight excluding hydrogens is 290 g/mol. The van der Waals surface area contributed by atoms with Crippen LogP contribution >= 0.6 is 23.2 Å². The smallest absolute Gasteiger partial charge is 0.157 e. The molecule has 2 rings (SSSR count). The summed E-state index contributed by atoms with van der Waals surface area (Å²) in [7, 11) is 0. The van der Waals surface area contributed by atoms with Crippen molar-refractivity contribution in [2.75, 3.05) is 0 Å². The Kier molecular flexibility index (Phi) is 4.40. The van der Waals surface area contributed by atoms with Crippen LogP contribution in [0, 0.1) is 5.82 Å². The lowest BCUT2D eigenvalue weighted by molar-refractivity contribution is 0.112. The van der Waals surface area contributed by atoms with E-state index in [-0.39, 0.29) is 22.5 Å². The van der Waals surface area contributed by atoms with Gasteiger partial charge >= 0.3 is 0 Å². The monoisotopic (exact) mass is 298 g/mol. The van der Waals surface area contributed by atoms with Gasteiger partial charge in [0.2, 0.25) is 0 Å². The number of benzene rings is 2. The largest absolute Gasteiger partial charge is 0.486 e. The van der Waals surface area contributed by atoms with Gasteiger partial charge in [-0.25, -0.2) is 4.39 Å². The molecule has 0 bridgehead atoms. The zero-order chi connectivity index (χ0) is 13.8. The summed E-state index contributed by atoms with van der Waals surface area (Å²) in [6.45, 7) is 0.208. The molecule has 0 atom stereocenters. The van der Waals surface area contributed by atoms with Crippen LogP contribution in [-0.2, 0) is 6.61 Å². The molecule has 19 heavy (non-hydrogen) atoms. The average Bonchev–Trinajstić information content (AvgIpc) is 2.39. The highest BCUT2D eigenvalue weighted by molar-refractivity contribution is 6.37. The van der Waals surface area contributed by atoms with Crippen LogP contribution in [0.15, 0.2) is 36.4 Å². The number of ether oxygens (including phenoxy) is 1. The molecule has 0 heterocycles. The highest BCUT2D eigenvalue weighted by Gasteiger charge is 2.09. The quantitative estimate of drug-likeness (QED) is 0.776. The first-order valence-corrected chi connectivity index (χ1v) is 6.17. The van der Waals surface area contributed by atoms with E-state index >= 15 is 0 Å². The third-order valence-corrected chi connectivity index (χ3v) is 3.01. The number of aldehydes is 1. The van der Waals surface area contributed by atoms with Gasteiger partial charge in [0.15, 0.2) is 5.75 Å². The molecule has 0 radical (unpaired) electrons. The van der Waals surface area contributed by atoms with Crippen molar-refractivity contribution in [3.8, 4) is 5.75 Å². The summed E-state index contributed by atoms with van der Waals surface area (Å²) in [4.78, 5) is 10.6. The van der Waals surface area contributed by atoms with Gasteiger partial charge < -0.3 is 4.74 Å². The van der Waals surface area contributed by atoms with E-state index in [0.717, 1.165) is 5.56 Å². The van der Waals surface area contributed by atoms with Crippen LogP contribution in [0.25, 0.3) is 0 Å². The summed E-state index contributed by atoms with van der Waals surface area (Å²) in [6, 6.07) is 8.85. The molecule has 98 valence electrons. The van der Waals surface area contributed by atoms with E-state index < -0.39 is 0 Å². The third-order valence-electron chi connectivity index (χ3n) is 2.45. The lowest BCUT2D eigenvalue weighted by Gasteiger charge is -2.10. The fourth-order valence-corrected chi connectivity index (χ4v) is 2.13. The van der Waals surface area contributed by atoms with Gasteiger partial charge in [-0.2, -0.15) is 0 Å². The first kappa shape index (κ1) is 13.8. The minimum atomic E-state index is -0.310. The molecule has 2 aromatic carbocycles. The molecule has 0 saturated heterocycles. The van der Waals surface area contributed by atoms with Crippen molar-refractivity contribution < 1.29 is 13.9 Å². The highest BCUT2D eigenvalue weighted by atomic mass is 35.5. The molecule has 0 aliphatic rings. The summed E-state index contributed by atoms with van der Waals surface area (Å²) in [6.07, 6.45) is 0.654. The maximum Gasteiger partial charge on any atom is 0.157 e. The summed E-state index contributed by atoms with van der Waals surface area (Å²) in [5, 5.41) is 0.522. The SMILES string of the molecule is O=Cc1cc(Cl)c(OCc2ccc(F)cc2)c(Cl)c1. The molecule has 0 saturated carbocycles.